The lowest BCUT2D eigenvalue weighted by molar-refractivity contribution is 0.0281. The number of hydrogen-bond acceptors (Lipinski definition) is 2. The normalized spacial score (nSPS) is 17.7. The van der Waals surface area contributed by atoms with Crippen LogP contribution in [0.5, 0.6) is 0 Å². The minimum Gasteiger partial charge on any atom is -0.491 e. The van der Waals surface area contributed by atoms with E-state index in [1.807, 2.05) is 13.8 Å². The van der Waals surface area contributed by atoms with Gasteiger partial charge >= 0.3 is 0 Å². The van der Waals surface area contributed by atoms with Gasteiger partial charge < -0.3 is 10.5 Å². The summed E-state index contributed by atoms with van der Waals surface area (Å²) in [5, 5.41) is 0. The van der Waals surface area contributed by atoms with Crippen LogP contribution in [0.3, 0.4) is 0 Å². The van der Waals surface area contributed by atoms with Crippen LogP contribution in [-0.2, 0) is 4.74 Å². The van der Waals surface area contributed by atoms with Gasteiger partial charge in [0, 0.05) is 0 Å². The topological polar surface area (TPSA) is 35.2 Å². The summed E-state index contributed by atoms with van der Waals surface area (Å²) in [6.07, 6.45) is 3.60. The van der Waals surface area contributed by atoms with E-state index in [1.165, 1.54) is 12.0 Å². The molecule has 2 heteroatoms. The third kappa shape index (κ3) is 3.02. The third-order valence-corrected chi connectivity index (χ3v) is 2.27. The lowest BCUT2D eigenvalue weighted by atomic mass is 9.85. The highest BCUT2D eigenvalue weighted by atomic mass is 16.5. The first-order valence-corrected chi connectivity index (χ1v) is 5.40. The Kier molecular flexibility index (Phi) is 2.96. The molecule has 0 atom stereocenters. The van der Waals surface area contributed by atoms with E-state index in [0.29, 0.717) is 0 Å². The first-order chi connectivity index (χ1) is 6.20. The van der Waals surface area contributed by atoms with Crippen molar-refractivity contribution in [3.05, 3.63) is 11.3 Å². The van der Waals surface area contributed by atoms with E-state index in [4.69, 9.17) is 10.5 Å². The molecule has 2 N–H and O–H groups in total. The van der Waals surface area contributed by atoms with Gasteiger partial charge in [-0.25, -0.2) is 0 Å². The molecule has 0 aliphatic heterocycles. The molecular formula is C12H23NO. The molecule has 0 heterocycles. The fraction of sp³-hybridized carbons (Fsp3) is 0.833. The maximum Gasteiger partial charge on any atom is 0.115 e. The van der Waals surface area contributed by atoms with E-state index in [-0.39, 0.29) is 11.1 Å². The number of ether oxygens (including phenoxy) is 1. The van der Waals surface area contributed by atoms with Crippen LogP contribution in [0.4, 0.5) is 0 Å². The van der Waals surface area contributed by atoms with Crippen molar-refractivity contribution in [2.24, 2.45) is 5.73 Å². The molecule has 0 aromatic rings. The maximum atomic E-state index is 6.11. The highest BCUT2D eigenvalue weighted by Crippen LogP contribution is 2.35. The summed E-state index contributed by atoms with van der Waals surface area (Å²) in [6, 6.07) is 0. The second-order valence-electron chi connectivity index (χ2n) is 5.72. The van der Waals surface area contributed by atoms with Gasteiger partial charge in [0.05, 0.1) is 5.54 Å². The summed E-state index contributed by atoms with van der Waals surface area (Å²) in [6.45, 7) is 10.2. The largest absolute Gasteiger partial charge is 0.491 e. The fourth-order valence-electron chi connectivity index (χ4n) is 1.55. The smallest absolute Gasteiger partial charge is 0.115 e. The van der Waals surface area contributed by atoms with Crippen molar-refractivity contribution in [2.75, 3.05) is 0 Å². The van der Waals surface area contributed by atoms with Crippen molar-refractivity contribution in [3.8, 4) is 0 Å². The monoisotopic (exact) mass is 197 g/mol. The molecule has 0 radical (unpaired) electrons. The lowest BCUT2D eigenvalue weighted by Gasteiger charge is -2.35. The summed E-state index contributed by atoms with van der Waals surface area (Å²) < 4.78 is 5.96. The number of rotatable bonds is 2. The molecule has 2 nitrogen and oxygen atoms in total. The highest BCUT2D eigenvalue weighted by molar-refractivity contribution is 5.23. The lowest BCUT2D eigenvalue weighted by Crippen LogP contribution is -2.40. The standard InChI is InChI=1S/C12H23NO/c1-11(2,3)14-10(12(4,5)13)9-7-6-8-9/h6-8,13H2,1-5H3. The molecule has 14 heavy (non-hydrogen) atoms. The van der Waals surface area contributed by atoms with Crippen LogP contribution in [0.15, 0.2) is 11.3 Å². The Labute approximate surface area is 87.5 Å². The van der Waals surface area contributed by atoms with E-state index in [0.717, 1.165) is 18.6 Å². The quantitative estimate of drug-likeness (QED) is 0.691. The van der Waals surface area contributed by atoms with Crippen LogP contribution in [0.25, 0.3) is 0 Å². The molecule has 0 aromatic heterocycles. The molecular weight excluding hydrogens is 174 g/mol. The molecule has 0 unspecified atom stereocenters. The Hall–Kier alpha value is -0.500. The van der Waals surface area contributed by atoms with Crippen molar-refractivity contribution >= 4 is 0 Å². The Morgan fingerprint density at radius 1 is 1.14 bits per heavy atom. The molecule has 0 amide bonds. The van der Waals surface area contributed by atoms with E-state index < -0.39 is 0 Å². The van der Waals surface area contributed by atoms with Crippen LogP contribution >= 0.6 is 0 Å². The van der Waals surface area contributed by atoms with Crippen molar-refractivity contribution in [3.63, 3.8) is 0 Å². The molecule has 0 aromatic carbocycles. The van der Waals surface area contributed by atoms with Gasteiger partial charge in [-0.2, -0.15) is 0 Å². The summed E-state index contributed by atoms with van der Waals surface area (Å²) in [5.74, 6) is 1.01. The zero-order valence-electron chi connectivity index (χ0n) is 10.1. The number of allylic oxidation sites excluding steroid dienone is 1. The molecule has 1 aliphatic rings. The van der Waals surface area contributed by atoms with Gasteiger partial charge in [-0.15, -0.1) is 0 Å². The van der Waals surface area contributed by atoms with E-state index in [1.54, 1.807) is 0 Å². The Morgan fingerprint density at radius 2 is 1.64 bits per heavy atom. The number of hydrogen-bond donors (Lipinski definition) is 1. The van der Waals surface area contributed by atoms with Crippen molar-refractivity contribution in [1.29, 1.82) is 0 Å². The molecule has 1 aliphatic carbocycles. The predicted octanol–water partition coefficient (Wildman–Crippen LogP) is 2.98. The van der Waals surface area contributed by atoms with E-state index in [9.17, 15) is 0 Å². The predicted molar refractivity (Wildman–Crippen MR) is 60.0 cm³/mol. The summed E-state index contributed by atoms with van der Waals surface area (Å²) in [7, 11) is 0. The van der Waals surface area contributed by atoms with Crippen molar-refractivity contribution < 1.29 is 4.74 Å². The van der Waals surface area contributed by atoms with Gasteiger partial charge in [-0.05, 0) is 59.5 Å². The van der Waals surface area contributed by atoms with Gasteiger partial charge in [0.25, 0.3) is 0 Å². The summed E-state index contributed by atoms with van der Waals surface area (Å²) >= 11 is 0. The van der Waals surface area contributed by atoms with Crippen molar-refractivity contribution in [2.45, 2.75) is 65.0 Å². The Bertz CT molecular complexity index is 234. The van der Waals surface area contributed by atoms with Gasteiger partial charge in [-0.1, -0.05) is 0 Å². The van der Waals surface area contributed by atoms with Crippen LogP contribution in [0.1, 0.15) is 53.9 Å². The van der Waals surface area contributed by atoms with Crippen LogP contribution in [0.2, 0.25) is 0 Å². The highest BCUT2D eigenvalue weighted by Gasteiger charge is 2.29. The molecule has 1 rings (SSSR count). The minimum absolute atomic E-state index is 0.144. The number of nitrogens with two attached hydrogens (primary N) is 1. The first-order valence-electron chi connectivity index (χ1n) is 5.40. The SMILES string of the molecule is CC(C)(C)OC(=C1CCC1)C(C)(C)N. The van der Waals surface area contributed by atoms with Crippen LogP contribution in [-0.4, -0.2) is 11.1 Å². The van der Waals surface area contributed by atoms with Crippen molar-refractivity contribution in [1.82, 2.24) is 0 Å². The summed E-state index contributed by atoms with van der Waals surface area (Å²) in [4.78, 5) is 0. The summed E-state index contributed by atoms with van der Waals surface area (Å²) in [5.41, 5.74) is 7.04. The second kappa shape index (κ2) is 3.58. The van der Waals surface area contributed by atoms with Gasteiger partial charge in [0.1, 0.15) is 11.4 Å². The fourth-order valence-corrected chi connectivity index (χ4v) is 1.55. The molecule has 0 saturated heterocycles. The molecule has 82 valence electrons. The van der Waals surface area contributed by atoms with E-state index in [2.05, 4.69) is 20.8 Å². The average Bonchev–Trinajstić information content (AvgIpc) is 1.76. The van der Waals surface area contributed by atoms with Crippen LogP contribution in [0, 0.1) is 0 Å². The second-order valence-corrected chi connectivity index (χ2v) is 5.72. The molecule has 0 spiro atoms. The van der Waals surface area contributed by atoms with Crippen LogP contribution < -0.4 is 5.73 Å². The Morgan fingerprint density at radius 3 is 1.86 bits per heavy atom. The van der Waals surface area contributed by atoms with E-state index >= 15 is 0 Å². The average molecular weight is 197 g/mol. The first kappa shape index (κ1) is 11.6. The third-order valence-electron chi connectivity index (χ3n) is 2.27. The molecule has 1 fully saturated rings. The Balaban J connectivity index is 2.85. The van der Waals surface area contributed by atoms with Gasteiger partial charge in [0.2, 0.25) is 0 Å². The minimum atomic E-state index is -0.344. The molecule has 1 saturated carbocycles. The zero-order chi connectivity index (χ0) is 11.0. The van der Waals surface area contributed by atoms with Gasteiger partial charge in [-0.3, -0.25) is 0 Å². The zero-order valence-corrected chi connectivity index (χ0v) is 10.1. The van der Waals surface area contributed by atoms with Gasteiger partial charge in [0.15, 0.2) is 0 Å². The molecule has 0 bridgehead atoms. The maximum absolute atomic E-state index is 6.11.